The lowest BCUT2D eigenvalue weighted by molar-refractivity contribution is 0.633. The van der Waals surface area contributed by atoms with Crippen molar-refractivity contribution in [3.05, 3.63) is 11.6 Å². The first kappa shape index (κ1) is 6.85. The van der Waals surface area contributed by atoms with Crippen molar-refractivity contribution < 1.29 is 0 Å². The summed E-state index contributed by atoms with van der Waals surface area (Å²) >= 11 is 0. The van der Waals surface area contributed by atoms with Crippen molar-refractivity contribution in [3.63, 3.8) is 0 Å². The van der Waals surface area contributed by atoms with Crippen molar-refractivity contribution in [3.8, 4) is 0 Å². The molecule has 0 heterocycles. The molecular weight excluding hydrogens is 108 g/mol. The highest BCUT2D eigenvalue weighted by Crippen LogP contribution is 2.26. The summed E-state index contributed by atoms with van der Waals surface area (Å²) in [6.45, 7) is 4.60. The Bertz CT molecular complexity index is 111. The van der Waals surface area contributed by atoms with Gasteiger partial charge in [0.1, 0.15) is 0 Å². The fraction of sp³-hybridized carbons (Fsp3) is 0.778. The van der Waals surface area contributed by atoms with Gasteiger partial charge in [-0.25, -0.2) is 0 Å². The third kappa shape index (κ3) is 1.57. The van der Waals surface area contributed by atoms with Crippen molar-refractivity contribution in [1.29, 1.82) is 0 Å². The number of allylic oxidation sites excluding steroid dienone is 2. The van der Waals surface area contributed by atoms with Crippen LogP contribution in [-0.4, -0.2) is 0 Å². The van der Waals surface area contributed by atoms with Crippen LogP contribution in [0.5, 0.6) is 0 Å². The second-order valence-electron chi connectivity index (χ2n) is 2.98. The van der Waals surface area contributed by atoms with Crippen molar-refractivity contribution in [2.24, 2.45) is 5.92 Å². The summed E-state index contributed by atoms with van der Waals surface area (Å²) in [5.41, 5.74) is 1.71. The van der Waals surface area contributed by atoms with E-state index in [-0.39, 0.29) is 0 Å². The summed E-state index contributed by atoms with van der Waals surface area (Å²) in [4.78, 5) is 0. The molecule has 0 heteroatoms. The van der Waals surface area contributed by atoms with Gasteiger partial charge in [0.15, 0.2) is 0 Å². The van der Waals surface area contributed by atoms with E-state index in [1.54, 1.807) is 5.57 Å². The van der Waals surface area contributed by atoms with Crippen LogP contribution >= 0.6 is 0 Å². The molecule has 0 radical (unpaired) electrons. The largest absolute Gasteiger partial charge is 0.0851 e. The Balaban J connectivity index is 2.40. The average Bonchev–Trinajstić information content (AvgIpc) is 2.37. The van der Waals surface area contributed by atoms with Crippen molar-refractivity contribution >= 4 is 0 Å². The van der Waals surface area contributed by atoms with Gasteiger partial charge in [-0.15, -0.1) is 0 Å². The Hall–Kier alpha value is -0.260. The minimum Gasteiger partial charge on any atom is -0.0851 e. The van der Waals surface area contributed by atoms with Gasteiger partial charge in [0.25, 0.3) is 0 Å². The molecule has 1 aliphatic carbocycles. The van der Waals surface area contributed by atoms with Crippen LogP contribution in [0.3, 0.4) is 0 Å². The standard InChI is InChI=1S/C9H16/c1-3-8(2)9-6-4-5-7-9/h6,8H,3-5,7H2,1-2H3. The topological polar surface area (TPSA) is 0 Å². The monoisotopic (exact) mass is 124 g/mol. The van der Waals surface area contributed by atoms with E-state index in [2.05, 4.69) is 19.9 Å². The molecule has 0 fully saturated rings. The third-order valence-corrected chi connectivity index (χ3v) is 2.32. The molecule has 0 aliphatic heterocycles. The van der Waals surface area contributed by atoms with E-state index >= 15 is 0 Å². The van der Waals surface area contributed by atoms with E-state index in [0.717, 1.165) is 5.92 Å². The predicted octanol–water partition coefficient (Wildman–Crippen LogP) is 3.14. The van der Waals surface area contributed by atoms with Crippen molar-refractivity contribution in [2.75, 3.05) is 0 Å². The summed E-state index contributed by atoms with van der Waals surface area (Å²) in [5.74, 6) is 0.854. The van der Waals surface area contributed by atoms with Crippen LogP contribution in [0.1, 0.15) is 39.5 Å². The fourth-order valence-electron chi connectivity index (χ4n) is 1.41. The number of rotatable bonds is 2. The summed E-state index contributed by atoms with van der Waals surface area (Å²) < 4.78 is 0. The second kappa shape index (κ2) is 3.05. The van der Waals surface area contributed by atoms with Crippen LogP contribution < -0.4 is 0 Å². The molecule has 0 saturated carbocycles. The third-order valence-electron chi connectivity index (χ3n) is 2.32. The van der Waals surface area contributed by atoms with Crippen LogP contribution in [0.2, 0.25) is 0 Å². The van der Waals surface area contributed by atoms with Crippen molar-refractivity contribution in [2.45, 2.75) is 39.5 Å². The average molecular weight is 124 g/mol. The van der Waals surface area contributed by atoms with E-state index in [1.165, 1.54) is 25.7 Å². The maximum absolute atomic E-state index is 2.42. The lowest BCUT2D eigenvalue weighted by Gasteiger charge is -2.07. The van der Waals surface area contributed by atoms with Gasteiger partial charge in [-0.3, -0.25) is 0 Å². The predicted molar refractivity (Wildman–Crippen MR) is 41.4 cm³/mol. The van der Waals surface area contributed by atoms with Crippen LogP contribution in [0, 0.1) is 5.92 Å². The normalized spacial score (nSPS) is 21.8. The highest BCUT2D eigenvalue weighted by atomic mass is 14.1. The molecule has 0 amide bonds. The first-order valence-electron chi connectivity index (χ1n) is 4.03. The lowest BCUT2D eigenvalue weighted by atomic mass is 9.98. The van der Waals surface area contributed by atoms with Crippen molar-refractivity contribution in [1.82, 2.24) is 0 Å². The van der Waals surface area contributed by atoms with Gasteiger partial charge in [0.05, 0.1) is 0 Å². The molecule has 0 aromatic carbocycles. The molecule has 0 spiro atoms. The fourth-order valence-corrected chi connectivity index (χ4v) is 1.41. The van der Waals surface area contributed by atoms with E-state index < -0.39 is 0 Å². The Morgan fingerprint density at radius 3 is 2.89 bits per heavy atom. The molecule has 0 aromatic rings. The lowest BCUT2D eigenvalue weighted by Crippen LogP contribution is -1.93. The quantitative estimate of drug-likeness (QED) is 0.496. The van der Waals surface area contributed by atoms with Gasteiger partial charge in [-0.2, -0.15) is 0 Å². The summed E-state index contributed by atoms with van der Waals surface area (Å²) in [6, 6.07) is 0. The molecule has 0 bridgehead atoms. The Labute approximate surface area is 58.0 Å². The molecule has 1 aliphatic rings. The highest BCUT2D eigenvalue weighted by molar-refractivity contribution is 5.10. The van der Waals surface area contributed by atoms with Crippen LogP contribution in [0.25, 0.3) is 0 Å². The summed E-state index contributed by atoms with van der Waals surface area (Å²) in [5, 5.41) is 0. The first-order valence-corrected chi connectivity index (χ1v) is 4.03. The smallest absolute Gasteiger partial charge is 0.0234 e. The van der Waals surface area contributed by atoms with Crippen LogP contribution in [0.4, 0.5) is 0 Å². The zero-order valence-corrected chi connectivity index (χ0v) is 6.48. The molecule has 0 N–H and O–H groups in total. The number of hydrogen-bond donors (Lipinski definition) is 0. The molecular formula is C9H16. The molecule has 1 unspecified atom stereocenters. The van der Waals surface area contributed by atoms with Crippen LogP contribution in [0.15, 0.2) is 11.6 Å². The van der Waals surface area contributed by atoms with Gasteiger partial charge in [-0.05, 0) is 31.6 Å². The Morgan fingerprint density at radius 2 is 2.44 bits per heavy atom. The van der Waals surface area contributed by atoms with Gasteiger partial charge in [-0.1, -0.05) is 25.5 Å². The molecule has 1 atom stereocenters. The summed E-state index contributed by atoms with van der Waals surface area (Å²) in [7, 11) is 0. The van der Waals surface area contributed by atoms with E-state index in [0.29, 0.717) is 0 Å². The molecule has 1 rings (SSSR count). The molecule has 0 aromatic heterocycles. The van der Waals surface area contributed by atoms with Gasteiger partial charge >= 0.3 is 0 Å². The molecule has 52 valence electrons. The van der Waals surface area contributed by atoms with Gasteiger partial charge in [0, 0.05) is 0 Å². The maximum Gasteiger partial charge on any atom is -0.0234 e. The second-order valence-corrected chi connectivity index (χ2v) is 2.98. The SMILES string of the molecule is CCC(C)C1=CCCC1. The van der Waals surface area contributed by atoms with Gasteiger partial charge < -0.3 is 0 Å². The van der Waals surface area contributed by atoms with Gasteiger partial charge in [0.2, 0.25) is 0 Å². The van der Waals surface area contributed by atoms with E-state index in [1.807, 2.05) is 0 Å². The highest BCUT2D eigenvalue weighted by Gasteiger charge is 2.09. The minimum absolute atomic E-state index is 0.854. The zero-order valence-electron chi connectivity index (χ0n) is 6.48. The Kier molecular flexibility index (Phi) is 2.32. The molecule has 0 saturated heterocycles. The minimum atomic E-state index is 0.854. The van der Waals surface area contributed by atoms with Crippen LogP contribution in [-0.2, 0) is 0 Å². The van der Waals surface area contributed by atoms with E-state index in [4.69, 9.17) is 0 Å². The number of hydrogen-bond acceptors (Lipinski definition) is 0. The van der Waals surface area contributed by atoms with E-state index in [9.17, 15) is 0 Å². The summed E-state index contributed by atoms with van der Waals surface area (Å²) in [6.07, 6.45) is 7.84. The zero-order chi connectivity index (χ0) is 6.69. The Morgan fingerprint density at radius 1 is 1.67 bits per heavy atom. The first-order chi connectivity index (χ1) is 4.34. The molecule has 0 nitrogen and oxygen atoms in total. The molecule has 9 heavy (non-hydrogen) atoms. The maximum atomic E-state index is 2.42.